The zero-order valence-electron chi connectivity index (χ0n) is 8.58. The molecule has 0 radical (unpaired) electrons. The molecule has 3 nitrogen and oxygen atoms in total. The summed E-state index contributed by atoms with van der Waals surface area (Å²) < 4.78 is 14.2. The molecule has 0 aromatic heterocycles. The minimum Gasteiger partial charge on any atom is -0.481 e. The van der Waals surface area contributed by atoms with Gasteiger partial charge in [0.15, 0.2) is 0 Å². The van der Waals surface area contributed by atoms with E-state index >= 15 is 0 Å². The van der Waals surface area contributed by atoms with Gasteiger partial charge in [0.1, 0.15) is 5.82 Å². The molecule has 1 aromatic carbocycles. The van der Waals surface area contributed by atoms with Gasteiger partial charge in [-0.25, -0.2) is 4.39 Å². The van der Waals surface area contributed by atoms with E-state index in [0.717, 1.165) is 0 Å². The zero-order valence-corrected chi connectivity index (χ0v) is 10.9. The third-order valence-corrected chi connectivity index (χ3v) is 4.31. The van der Waals surface area contributed by atoms with Gasteiger partial charge >= 0.3 is 5.97 Å². The van der Waals surface area contributed by atoms with Crippen LogP contribution in [-0.2, 0) is 10.4 Å². The fourth-order valence-corrected chi connectivity index (χ4v) is 2.51. The van der Waals surface area contributed by atoms with Crippen molar-refractivity contribution >= 4 is 33.5 Å². The second-order valence-corrected chi connectivity index (χ2v) is 5.43. The predicted molar refractivity (Wildman–Crippen MR) is 63.4 cm³/mol. The number of carboxylic acids is 1. The summed E-state index contributed by atoms with van der Waals surface area (Å²) in [6.07, 6.45) is 0.0223. The predicted octanol–water partition coefficient (Wildman–Crippen LogP) is 2.92. The summed E-state index contributed by atoms with van der Waals surface area (Å²) in [5.74, 6) is -2.30. The lowest BCUT2D eigenvalue weighted by molar-refractivity contribution is -0.159. The molecule has 0 atom stereocenters. The lowest BCUT2D eigenvalue weighted by Gasteiger charge is -2.42. The van der Waals surface area contributed by atoms with Gasteiger partial charge in [-0.05, 0) is 34.8 Å². The molecule has 92 valence electrons. The Bertz CT molecular complexity index is 486. The Kier molecular flexibility index (Phi) is 3.18. The topological polar surface area (TPSA) is 57.5 Å². The van der Waals surface area contributed by atoms with Gasteiger partial charge < -0.3 is 10.2 Å². The highest BCUT2D eigenvalue weighted by molar-refractivity contribution is 9.10. The molecule has 2 rings (SSSR count). The molecule has 1 aliphatic carbocycles. The second-order valence-electron chi connectivity index (χ2n) is 4.20. The first-order valence-corrected chi connectivity index (χ1v) is 6.11. The summed E-state index contributed by atoms with van der Waals surface area (Å²) in [7, 11) is 0. The number of carbonyl (C=O) groups is 1. The average molecular weight is 324 g/mol. The van der Waals surface area contributed by atoms with Crippen LogP contribution in [0.5, 0.6) is 0 Å². The number of rotatable bonds is 2. The third kappa shape index (κ3) is 2.07. The van der Waals surface area contributed by atoms with Gasteiger partial charge in [0.2, 0.25) is 0 Å². The maximum absolute atomic E-state index is 13.8. The van der Waals surface area contributed by atoms with Crippen LogP contribution in [-0.4, -0.2) is 16.2 Å². The van der Waals surface area contributed by atoms with Crippen LogP contribution in [0.15, 0.2) is 16.6 Å². The number of aliphatic hydroxyl groups is 1. The van der Waals surface area contributed by atoms with Crippen molar-refractivity contribution in [2.45, 2.75) is 18.4 Å². The molecule has 0 unspecified atom stereocenters. The molecule has 1 saturated carbocycles. The Labute approximate surface area is 110 Å². The first-order valence-electron chi connectivity index (χ1n) is 4.94. The van der Waals surface area contributed by atoms with E-state index < -0.39 is 23.3 Å². The third-order valence-electron chi connectivity index (χ3n) is 3.05. The van der Waals surface area contributed by atoms with E-state index in [4.69, 9.17) is 16.7 Å². The smallest absolute Gasteiger partial charge is 0.306 e. The Morgan fingerprint density at radius 2 is 2.12 bits per heavy atom. The van der Waals surface area contributed by atoms with Crippen molar-refractivity contribution in [1.29, 1.82) is 0 Å². The maximum Gasteiger partial charge on any atom is 0.306 e. The van der Waals surface area contributed by atoms with Gasteiger partial charge in [-0.15, -0.1) is 0 Å². The number of halogens is 3. The van der Waals surface area contributed by atoms with E-state index in [2.05, 4.69) is 15.9 Å². The molecule has 0 amide bonds. The molecule has 17 heavy (non-hydrogen) atoms. The highest BCUT2D eigenvalue weighted by Crippen LogP contribution is 2.47. The first kappa shape index (κ1) is 12.8. The molecule has 0 bridgehead atoms. The number of hydrogen-bond donors (Lipinski definition) is 2. The van der Waals surface area contributed by atoms with Gasteiger partial charge in [0.25, 0.3) is 0 Å². The summed E-state index contributed by atoms with van der Waals surface area (Å²) >= 11 is 8.79. The maximum atomic E-state index is 13.8. The first-order chi connectivity index (χ1) is 7.85. The van der Waals surface area contributed by atoms with E-state index in [1.165, 1.54) is 12.1 Å². The van der Waals surface area contributed by atoms with Crippen LogP contribution in [0.25, 0.3) is 0 Å². The van der Waals surface area contributed by atoms with E-state index in [1.54, 1.807) is 0 Å². The largest absolute Gasteiger partial charge is 0.481 e. The lowest BCUT2D eigenvalue weighted by Crippen LogP contribution is -2.45. The van der Waals surface area contributed by atoms with Crippen molar-refractivity contribution in [2.75, 3.05) is 0 Å². The SMILES string of the molecule is O=C(O)C1CC(O)(c2ccc(Br)c(Cl)c2F)C1. The number of benzene rings is 1. The fraction of sp³-hybridized carbons (Fsp3) is 0.364. The van der Waals surface area contributed by atoms with E-state index in [1.807, 2.05) is 0 Å². The number of aliphatic carboxylic acids is 1. The van der Waals surface area contributed by atoms with E-state index in [9.17, 15) is 14.3 Å². The minimum atomic E-state index is -1.42. The van der Waals surface area contributed by atoms with Gasteiger partial charge in [-0.2, -0.15) is 0 Å². The Morgan fingerprint density at radius 1 is 1.53 bits per heavy atom. The van der Waals surface area contributed by atoms with Crippen LogP contribution >= 0.6 is 27.5 Å². The Balaban J connectivity index is 2.31. The quantitative estimate of drug-likeness (QED) is 0.823. The normalized spacial score (nSPS) is 27.6. The lowest BCUT2D eigenvalue weighted by atomic mass is 9.67. The van der Waals surface area contributed by atoms with Gasteiger partial charge in [0.05, 0.1) is 16.5 Å². The molecule has 0 heterocycles. The van der Waals surface area contributed by atoms with Crippen molar-refractivity contribution in [3.63, 3.8) is 0 Å². The molecule has 0 aliphatic heterocycles. The summed E-state index contributed by atoms with van der Waals surface area (Å²) in [5, 5.41) is 18.8. The summed E-state index contributed by atoms with van der Waals surface area (Å²) in [6, 6.07) is 2.95. The number of hydrogen-bond acceptors (Lipinski definition) is 2. The van der Waals surface area contributed by atoms with E-state index in [0.29, 0.717) is 4.47 Å². The Hall–Kier alpha value is -0.650. The zero-order chi connectivity index (χ0) is 12.8. The standard InChI is InChI=1S/C11H9BrClFO3/c12-7-2-1-6(9(14)8(7)13)11(17)3-5(4-11)10(15)16/h1-2,5,17H,3-4H2,(H,15,16). The van der Waals surface area contributed by atoms with Crippen molar-refractivity contribution in [1.82, 2.24) is 0 Å². The molecule has 1 aromatic rings. The fourth-order valence-electron chi connectivity index (χ4n) is 2.04. The molecule has 2 N–H and O–H groups in total. The molecular formula is C11H9BrClFO3. The van der Waals surface area contributed by atoms with Gasteiger partial charge in [-0.1, -0.05) is 17.7 Å². The minimum absolute atomic E-state index is 0.0111. The van der Waals surface area contributed by atoms with Crippen molar-refractivity contribution in [3.05, 3.63) is 33.0 Å². The average Bonchev–Trinajstić information content (AvgIpc) is 2.21. The summed E-state index contributed by atoms with van der Waals surface area (Å²) in [5.41, 5.74) is -1.36. The molecule has 1 fully saturated rings. The van der Waals surface area contributed by atoms with Gasteiger partial charge in [0, 0.05) is 10.0 Å². The molecule has 0 spiro atoms. The van der Waals surface area contributed by atoms with Crippen LogP contribution in [0.2, 0.25) is 5.02 Å². The van der Waals surface area contributed by atoms with Crippen molar-refractivity contribution in [3.8, 4) is 0 Å². The van der Waals surface area contributed by atoms with E-state index in [-0.39, 0.29) is 23.4 Å². The molecule has 6 heteroatoms. The number of carboxylic acid groups (broad SMARTS) is 1. The second kappa shape index (κ2) is 4.23. The Morgan fingerprint density at radius 3 is 2.65 bits per heavy atom. The molecule has 1 aliphatic rings. The van der Waals surface area contributed by atoms with Crippen LogP contribution in [0.4, 0.5) is 4.39 Å². The monoisotopic (exact) mass is 322 g/mol. The van der Waals surface area contributed by atoms with Crippen LogP contribution in [0.1, 0.15) is 18.4 Å². The van der Waals surface area contributed by atoms with Gasteiger partial charge in [-0.3, -0.25) is 4.79 Å². The summed E-state index contributed by atoms with van der Waals surface area (Å²) in [4.78, 5) is 10.7. The van der Waals surface area contributed by atoms with Crippen molar-refractivity contribution in [2.24, 2.45) is 5.92 Å². The molecule has 0 saturated heterocycles. The van der Waals surface area contributed by atoms with Crippen LogP contribution < -0.4 is 0 Å². The highest BCUT2D eigenvalue weighted by Gasteiger charge is 2.49. The van der Waals surface area contributed by atoms with Crippen molar-refractivity contribution < 1.29 is 19.4 Å². The van der Waals surface area contributed by atoms with Crippen LogP contribution in [0, 0.1) is 11.7 Å². The summed E-state index contributed by atoms with van der Waals surface area (Å²) in [6.45, 7) is 0. The van der Waals surface area contributed by atoms with Crippen LogP contribution in [0.3, 0.4) is 0 Å². The highest BCUT2D eigenvalue weighted by atomic mass is 79.9. The molecular weight excluding hydrogens is 314 g/mol.